The number of hydrogen-bond acceptors (Lipinski definition) is 3. The average molecular weight is 443 g/mol. The normalized spacial score (nSPS) is 12.8. The first-order valence-corrected chi connectivity index (χ1v) is 11.1. The van der Waals surface area contributed by atoms with Crippen LogP contribution in [0.3, 0.4) is 0 Å². The highest BCUT2D eigenvalue weighted by atomic mass is 35.5. The molecule has 0 aliphatic rings. The Morgan fingerprint density at radius 3 is 2.36 bits per heavy atom. The highest BCUT2D eigenvalue weighted by Gasteiger charge is 2.27. The Hall–Kier alpha value is -1.60. The first-order chi connectivity index (χ1) is 13.1. The lowest BCUT2D eigenvalue weighted by atomic mass is 10.2. The van der Waals surface area contributed by atoms with Gasteiger partial charge >= 0.3 is 0 Å². The molecule has 0 bridgehead atoms. The van der Waals surface area contributed by atoms with E-state index in [-0.39, 0.29) is 29.9 Å². The molecule has 0 fully saturated rings. The van der Waals surface area contributed by atoms with Crippen LogP contribution in [0.4, 0.5) is 0 Å². The first kappa shape index (κ1) is 22.7. The minimum absolute atomic E-state index is 0.0415. The van der Waals surface area contributed by atoms with Crippen LogP contribution in [0, 0.1) is 6.92 Å². The maximum Gasteiger partial charge on any atom is 0.243 e. The summed E-state index contributed by atoms with van der Waals surface area (Å²) in [6.45, 7) is 5.34. The third-order valence-corrected chi connectivity index (χ3v) is 6.75. The van der Waals surface area contributed by atoms with Crippen LogP contribution in [-0.4, -0.2) is 31.2 Å². The molecule has 152 valence electrons. The van der Waals surface area contributed by atoms with E-state index < -0.39 is 10.0 Å². The molecular weight excluding hydrogens is 419 g/mol. The van der Waals surface area contributed by atoms with Crippen molar-refractivity contribution in [2.75, 3.05) is 6.54 Å². The Labute approximate surface area is 176 Å². The molecule has 1 amide bonds. The molecular formula is C20H24Cl2N2O3S. The molecule has 0 unspecified atom stereocenters. The van der Waals surface area contributed by atoms with Crippen molar-refractivity contribution in [3.63, 3.8) is 0 Å². The fourth-order valence-electron chi connectivity index (χ4n) is 2.51. The molecule has 2 aromatic rings. The summed E-state index contributed by atoms with van der Waals surface area (Å²) in [6, 6.07) is 11.3. The van der Waals surface area contributed by atoms with Crippen LogP contribution < -0.4 is 5.32 Å². The third kappa shape index (κ3) is 5.95. The molecule has 0 saturated carbocycles. The van der Waals surface area contributed by atoms with Gasteiger partial charge in [-0.25, -0.2) is 8.42 Å². The van der Waals surface area contributed by atoms with Gasteiger partial charge in [0.15, 0.2) is 0 Å². The van der Waals surface area contributed by atoms with Crippen molar-refractivity contribution in [1.82, 2.24) is 9.62 Å². The lowest BCUT2D eigenvalue weighted by Crippen LogP contribution is -2.43. The fraction of sp³-hybridized carbons (Fsp3) is 0.350. The molecule has 0 aliphatic carbocycles. The molecule has 28 heavy (non-hydrogen) atoms. The number of amides is 1. The number of nitrogens with zero attached hydrogens (tertiary/aromatic N) is 1. The highest BCUT2D eigenvalue weighted by molar-refractivity contribution is 7.89. The van der Waals surface area contributed by atoms with Gasteiger partial charge in [0.25, 0.3) is 0 Å². The molecule has 0 radical (unpaired) electrons. The van der Waals surface area contributed by atoms with E-state index in [1.165, 1.54) is 12.1 Å². The van der Waals surface area contributed by atoms with E-state index in [1.807, 2.05) is 20.8 Å². The van der Waals surface area contributed by atoms with Crippen LogP contribution in [0.25, 0.3) is 0 Å². The van der Waals surface area contributed by atoms with Gasteiger partial charge in [-0.05, 0) is 50.1 Å². The second-order valence-corrected chi connectivity index (χ2v) is 9.48. The summed E-state index contributed by atoms with van der Waals surface area (Å²) in [5, 5.41) is 3.60. The average Bonchev–Trinajstić information content (AvgIpc) is 2.63. The molecule has 5 nitrogen and oxygen atoms in total. The summed E-state index contributed by atoms with van der Waals surface area (Å²) < 4.78 is 27.5. The van der Waals surface area contributed by atoms with Gasteiger partial charge in [0, 0.05) is 22.6 Å². The molecule has 1 atom stereocenters. The summed E-state index contributed by atoms with van der Waals surface area (Å²) in [5.74, 6) is -0.366. The number of halogens is 2. The van der Waals surface area contributed by atoms with Crippen LogP contribution in [-0.2, 0) is 21.4 Å². The maximum absolute atomic E-state index is 13.2. The van der Waals surface area contributed by atoms with Gasteiger partial charge in [-0.3, -0.25) is 4.79 Å². The summed E-state index contributed by atoms with van der Waals surface area (Å²) in [4.78, 5) is 12.5. The van der Waals surface area contributed by atoms with E-state index in [0.29, 0.717) is 15.6 Å². The number of carbonyl (C=O) groups excluding carboxylic acids is 1. The molecule has 2 aromatic carbocycles. The summed E-state index contributed by atoms with van der Waals surface area (Å²) in [7, 11) is -3.90. The summed E-state index contributed by atoms with van der Waals surface area (Å²) in [6.07, 6.45) is 0.749. The maximum atomic E-state index is 13.2. The van der Waals surface area contributed by atoms with E-state index >= 15 is 0 Å². The third-order valence-electron chi connectivity index (χ3n) is 4.36. The molecule has 8 heteroatoms. The van der Waals surface area contributed by atoms with Crippen LogP contribution >= 0.6 is 23.2 Å². The molecule has 0 spiro atoms. The minimum Gasteiger partial charge on any atom is -0.353 e. The second-order valence-electron chi connectivity index (χ2n) is 6.70. The number of nitrogens with one attached hydrogen (secondary N) is 1. The van der Waals surface area contributed by atoms with E-state index in [1.54, 1.807) is 30.3 Å². The monoisotopic (exact) mass is 442 g/mol. The number of carbonyl (C=O) groups is 1. The number of sulfonamides is 1. The van der Waals surface area contributed by atoms with E-state index in [2.05, 4.69) is 5.32 Å². The van der Waals surface area contributed by atoms with Gasteiger partial charge in [-0.1, -0.05) is 53.9 Å². The molecule has 0 aromatic heterocycles. The number of hydrogen-bond donors (Lipinski definition) is 1. The van der Waals surface area contributed by atoms with Crippen molar-refractivity contribution >= 4 is 39.1 Å². The standard InChI is InChI=1S/C20H24Cl2N2O3S/c1-4-15(3)23-20(25)13-24(12-16-7-8-17(21)11-19(16)22)28(26,27)18-9-5-14(2)6-10-18/h5-11,15H,4,12-13H2,1-3H3,(H,23,25)/t15-/m1/s1. The molecule has 0 aliphatic heterocycles. The van der Waals surface area contributed by atoms with Crippen molar-refractivity contribution in [3.8, 4) is 0 Å². The van der Waals surface area contributed by atoms with Crippen LogP contribution in [0.2, 0.25) is 10.0 Å². The Balaban J connectivity index is 2.36. The number of rotatable bonds is 8. The summed E-state index contributed by atoms with van der Waals surface area (Å²) >= 11 is 12.2. The zero-order valence-corrected chi connectivity index (χ0v) is 18.4. The zero-order valence-electron chi connectivity index (χ0n) is 16.1. The van der Waals surface area contributed by atoms with Gasteiger partial charge in [-0.15, -0.1) is 0 Å². The minimum atomic E-state index is -3.90. The molecule has 0 heterocycles. The number of aryl methyl sites for hydroxylation is 1. The Bertz CT molecular complexity index is 931. The van der Waals surface area contributed by atoms with Gasteiger partial charge in [-0.2, -0.15) is 4.31 Å². The van der Waals surface area contributed by atoms with Crippen molar-refractivity contribution in [3.05, 3.63) is 63.6 Å². The Morgan fingerprint density at radius 1 is 1.14 bits per heavy atom. The Morgan fingerprint density at radius 2 is 1.79 bits per heavy atom. The van der Waals surface area contributed by atoms with Gasteiger partial charge < -0.3 is 5.32 Å². The van der Waals surface area contributed by atoms with Gasteiger partial charge in [0.2, 0.25) is 15.9 Å². The van der Waals surface area contributed by atoms with E-state index in [0.717, 1.165) is 16.3 Å². The van der Waals surface area contributed by atoms with Crippen LogP contribution in [0.1, 0.15) is 31.4 Å². The van der Waals surface area contributed by atoms with Gasteiger partial charge in [0.1, 0.15) is 0 Å². The van der Waals surface area contributed by atoms with Crippen molar-refractivity contribution in [1.29, 1.82) is 0 Å². The Kier molecular flexibility index (Phi) is 7.89. The topological polar surface area (TPSA) is 66.5 Å². The highest BCUT2D eigenvalue weighted by Crippen LogP contribution is 2.25. The van der Waals surface area contributed by atoms with Crippen molar-refractivity contribution < 1.29 is 13.2 Å². The first-order valence-electron chi connectivity index (χ1n) is 8.93. The second kappa shape index (κ2) is 9.74. The smallest absolute Gasteiger partial charge is 0.243 e. The van der Waals surface area contributed by atoms with E-state index in [9.17, 15) is 13.2 Å². The lowest BCUT2D eigenvalue weighted by molar-refractivity contribution is -0.122. The van der Waals surface area contributed by atoms with Crippen LogP contribution in [0.5, 0.6) is 0 Å². The largest absolute Gasteiger partial charge is 0.353 e. The molecule has 2 rings (SSSR count). The predicted octanol–water partition coefficient (Wildman–Crippen LogP) is 4.41. The quantitative estimate of drug-likeness (QED) is 0.658. The summed E-state index contributed by atoms with van der Waals surface area (Å²) in [5.41, 5.74) is 1.51. The molecule has 0 saturated heterocycles. The van der Waals surface area contributed by atoms with Crippen molar-refractivity contribution in [2.45, 2.75) is 44.7 Å². The van der Waals surface area contributed by atoms with Crippen molar-refractivity contribution in [2.24, 2.45) is 0 Å². The van der Waals surface area contributed by atoms with Gasteiger partial charge in [0.05, 0.1) is 11.4 Å². The molecule has 1 N–H and O–H groups in total. The van der Waals surface area contributed by atoms with E-state index in [4.69, 9.17) is 23.2 Å². The zero-order chi connectivity index (χ0) is 20.9. The lowest BCUT2D eigenvalue weighted by Gasteiger charge is -2.23. The fourth-order valence-corrected chi connectivity index (χ4v) is 4.35. The predicted molar refractivity (Wildman–Crippen MR) is 113 cm³/mol. The van der Waals surface area contributed by atoms with Crippen LogP contribution in [0.15, 0.2) is 47.4 Å². The number of benzene rings is 2. The SMILES string of the molecule is CC[C@@H](C)NC(=O)CN(Cc1ccc(Cl)cc1Cl)S(=O)(=O)c1ccc(C)cc1.